The Bertz CT molecular complexity index is 480. The molecule has 110 valence electrons. The third-order valence-electron chi connectivity index (χ3n) is 3.01. The number of ketones is 1. The van der Waals surface area contributed by atoms with E-state index < -0.39 is 11.3 Å². The van der Waals surface area contributed by atoms with Crippen molar-refractivity contribution in [3.63, 3.8) is 0 Å². The Morgan fingerprint density at radius 3 is 2.40 bits per heavy atom. The van der Waals surface area contributed by atoms with E-state index in [2.05, 4.69) is 0 Å². The largest absolute Gasteiger partial charge is 0.389 e. The molecule has 1 saturated heterocycles. The SMILES string of the molecule is CC(C)C(=O)c1ccc(OS(=O)N2CCOCC2)cc1. The molecule has 0 aliphatic carbocycles. The average Bonchev–Trinajstić information content (AvgIpc) is 2.48. The van der Waals surface area contributed by atoms with Gasteiger partial charge in [-0.1, -0.05) is 13.8 Å². The first-order chi connectivity index (χ1) is 9.58. The molecule has 1 aliphatic heterocycles. The van der Waals surface area contributed by atoms with E-state index >= 15 is 0 Å². The van der Waals surface area contributed by atoms with Crippen LogP contribution in [0.3, 0.4) is 0 Å². The van der Waals surface area contributed by atoms with E-state index in [1.807, 2.05) is 13.8 Å². The first kappa shape index (κ1) is 15.2. The van der Waals surface area contributed by atoms with Gasteiger partial charge in [-0.3, -0.25) is 4.79 Å². The average molecular weight is 297 g/mol. The van der Waals surface area contributed by atoms with E-state index in [1.165, 1.54) is 0 Å². The predicted octanol–water partition coefficient (Wildman–Crippen LogP) is 1.82. The number of carbonyl (C=O) groups excluding carboxylic acids is 1. The molecule has 0 radical (unpaired) electrons. The van der Waals surface area contributed by atoms with Gasteiger partial charge in [0.2, 0.25) is 0 Å². The first-order valence-corrected chi connectivity index (χ1v) is 7.68. The molecule has 1 aromatic rings. The zero-order valence-corrected chi connectivity index (χ0v) is 12.5. The molecule has 0 saturated carbocycles. The summed E-state index contributed by atoms with van der Waals surface area (Å²) in [6.07, 6.45) is 0. The van der Waals surface area contributed by atoms with Gasteiger partial charge in [-0.2, -0.15) is 8.51 Å². The van der Waals surface area contributed by atoms with Gasteiger partial charge in [-0.25, -0.2) is 0 Å². The van der Waals surface area contributed by atoms with Crippen LogP contribution < -0.4 is 4.18 Å². The van der Waals surface area contributed by atoms with E-state index in [-0.39, 0.29) is 11.7 Å². The van der Waals surface area contributed by atoms with E-state index in [1.54, 1.807) is 28.6 Å². The lowest BCUT2D eigenvalue weighted by molar-refractivity contribution is 0.0728. The summed E-state index contributed by atoms with van der Waals surface area (Å²) in [4.78, 5) is 11.8. The van der Waals surface area contributed by atoms with E-state index in [4.69, 9.17) is 8.92 Å². The second kappa shape index (κ2) is 6.97. The molecule has 1 aromatic carbocycles. The van der Waals surface area contributed by atoms with Crippen LogP contribution in [0.5, 0.6) is 5.75 Å². The number of Topliss-reactive ketones (excluding diaryl/α,β-unsaturated/α-hetero) is 1. The number of nitrogens with zero attached hydrogens (tertiary/aromatic N) is 1. The molecule has 5 nitrogen and oxygen atoms in total. The smallest absolute Gasteiger partial charge is 0.290 e. The summed E-state index contributed by atoms with van der Waals surface area (Å²) < 4.78 is 24.3. The van der Waals surface area contributed by atoms with Crippen molar-refractivity contribution in [3.8, 4) is 5.75 Å². The van der Waals surface area contributed by atoms with Crippen LogP contribution in [0.2, 0.25) is 0 Å². The summed E-state index contributed by atoms with van der Waals surface area (Å²) >= 11 is -1.52. The Balaban J connectivity index is 1.96. The minimum atomic E-state index is -1.52. The van der Waals surface area contributed by atoms with Gasteiger partial charge < -0.3 is 8.92 Å². The van der Waals surface area contributed by atoms with E-state index in [0.29, 0.717) is 37.6 Å². The summed E-state index contributed by atoms with van der Waals surface area (Å²) in [6.45, 7) is 6.04. The molecular formula is C14H19NO4S. The lowest BCUT2D eigenvalue weighted by Gasteiger charge is -2.24. The van der Waals surface area contributed by atoms with Gasteiger partial charge in [0.25, 0.3) is 11.3 Å². The van der Waals surface area contributed by atoms with Crippen molar-refractivity contribution in [2.75, 3.05) is 26.3 Å². The van der Waals surface area contributed by atoms with E-state index in [0.717, 1.165) is 0 Å². The predicted molar refractivity (Wildman–Crippen MR) is 76.8 cm³/mol. The molecule has 20 heavy (non-hydrogen) atoms. The molecule has 1 unspecified atom stereocenters. The molecule has 0 aromatic heterocycles. The Morgan fingerprint density at radius 1 is 1.25 bits per heavy atom. The lowest BCUT2D eigenvalue weighted by Crippen LogP contribution is -2.39. The van der Waals surface area contributed by atoms with Crippen molar-refractivity contribution in [3.05, 3.63) is 29.8 Å². The first-order valence-electron chi connectivity index (χ1n) is 6.65. The quantitative estimate of drug-likeness (QED) is 0.778. The molecule has 2 rings (SSSR count). The maximum absolute atomic E-state index is 12.0. The van der Waals surface area contributed by atoms with Crippen LogP contribution in [0, 0.1) is 5.92 Å². The highest BCUT2D eigenvalue weighted by molar-refractivity contribution is 7.78. The number of benzene rings is 1. The molecule has 0 N–H and O–H groups in total. The molecular weight excluding hydrogens is 278 g/mol. The Morgan fingerprint density at radius 2 is 1.85 bits per heavy atom. The maximum Gasteiger partial charge on any atom is 0.290 e. The number of rotatable bonds is 5. The molecule has 0 amide bonds. The minimum absolute atomic E-state index is 0.0377. The van der Waals surface area contributed by atoms with Crippen molar-refractivity contribution in [1.82, 2.24) is 4.31 Å². The standard InChI is InChI=1S/C14H19NO4S/c1-11(2)14(16)12-3-5-13(6-4-12)19-20(17)15-7-9-18-10-8-15/h3-6,11H,7-10H2,1-2H3. The van der Waals surface area contributed by atoms with E-state index in [9.17, 15) is 9.00 Å². The topological polar surface area (TPSA) is 55.8 Å². The van der Waals surface area contributed by atoms with Gasteiger partial charge in [0.05, 0.1) is 13.2 Å². The molecule has 1 aliphatic rings. The van der Waals surface area contributed by atoms with Crippen LogP contribution >= 0.6 is 0 Å². The number of morpholine rings is 1. The van der Waals surface area contributed by atoms with Crippen molar-refractivity contribution in [2.45, 2.75) is 13.8 Å². The van der Waals surface area contributed by atoms with Crippen molar-refractivity contribution in [1.29, 1.82) is 0 Å². The van der Waals surface area contributed by atoms with Crippen LogP contribution in [0.4, 0.5) is 0 Å². The van der Waals surface area contributed by atoms with Crippen molar-refractivity contribution >= 4 is 17.0 Å². The third-order valence-corrected chi connectivity index (χ3v) is 4.13. The van der Waals surface area contributed by atoms with Crippen LogP contribution in [0.1, 0.15) is 24.2 Å². The van der Waals surface area contributed by atoms with Crippen molar-refractivity contribution in [2.24, 2.45) is 5.92 Å². The number of hydrogen-bond acceptors (Lipinski definition) is 4. The van der Waals surface area contributed by atoms with Gasteiger partial charge in [-0.05, 0) is 24.3 Å². The normalized spacial score (nSPS) is 17.9. The molecule has 0 bridgehead atoms. The summed E-state index contributed by atoms with van der Waals surface area (Å²) in [5, 5.41) is 0. The van der Waals surface area contributed by atoms with Crippen molar-refractivity contribution < 1.29 is 17.9 Å². The highest BCUT2D eigenvalue weighted by Gasteiger charge is 2.19. The number of carbonyl (C=O) groups is 1. The highest BCUT2D eigenvalue weighted by atomic mass is 32.2. The number of ether oxygens (including phenoxy) is 1. The maximum atomic E-state index is 12.0. The van der Waals surface area contributed by atoms with Crippen LogP contribution in [0.15, 0.2) is 24.3 Å². The second-order valence-electron chi connectivity index (χ2n) is 4.89. The van der Waals surface area contributed by atoms with Gasteiger partial charge in [0, 0.05) is 24.6 Å². The van der Waals surface area contributed by atoms with Gasteiger partial charge >= 0.3 is 0 Å². The molecule has 1 heterocycles. The fraction of sp³-hybridized carbons (Fsp3) is 0.500. The van der Waals surface area contributed by atoms with Gasteiger partial charge in [-0.15, -0.1) is 0 Å². The van der Waals surface area contributed by atoms with Crippen LogP contribution in [-0.2, 0) is 16.0 Å². The minimum Gasteiger partial charge on any atom is -0.389 e. The molecule has 1 atom stereocenters. The zero-order chi connectivity index (χ0) is 14.5. The zero-order valence-electron chi connectivity index (χ0n) is 11.7. The fourth-order valence-corrected chi connectivity index (χ4v) is 2.67. The highest BCUT2D eigenvalue weighted by Crippen LogP contribution is 2.17. The summed E-state index contributed by atoms with van der Waals surface area (Å²) in [6, 6.07) is 6.75. The fourth-order valence-electron chi connectivity index (χ4n) is 1.84. The molecule has 6 heteroatoms. The lowest BCUT2D eigenvalue weighted by atomic mass is 10.0. The van der Waals surface area contributed by atoms with Crippen LogP contribution in [0.25, 0.3) is 0 Å². The Hall–Kier alpha value is -1.24. The summed E-state index contributed by atoms with van der Waals surface area (Å²) in [7, 11) is 0. The van der Waals surface area contributed by atoms with Crippen LogP contribution in [-0.4, -0.2) is 40.6 Å². The molecule has 1 fully saturated rings. The van der Waals surface area contributed by atoms with Gasteiger partial charge in [0.1, 0.15) is 5.75 Å². The molecule has 0 spiro atoms. The second-order valence-corrected chi connectivity index (χ2v) is 6.00. The third kappa shape index (κ3) is 3.88. The number of hydrogen-bond donors (Lipinski definition) is 0. The monoisotopic (exact) mass is 297 g/mol. The Kier molecular flexibility index (Phi) is 5.28. The van der Waals surface area contributed by atoms with Gasteiger partial charge in [0.15, 0.2) is 5.78 Å². The summed E-state index contributed by atoms with van der Waals surface area (Å²) in [5.41, 5.74) is 0.643. The Labute approximate surface area is 121 Å². The summed E-state index contributed by atoms with van der Waals surface area (Å²) in [5.74, 6) is 0.547.